The van der Waals surface area contributed by atoms with Gasteiger partial charge in [-0.05, 0) is 26.3 Å². The van der Waals surface area contributed by atoms with Crippen molar-refractivity contribution in [1.29, 1.82) is 0 Å². The van der Waals surface area contributed by atoms with E-state index in [1.165, 1.54) is 12.0 Å². The van der Waals surface area contributed by atoms with E-state index in [1.54, 1.807) is 6.33 Å². The van der Waals surface area contributed by atoms with E-state index in [-0.39, 0.29) is 0 Å². The Hall–Kier alpha value is -0.920. The summed E-state index contributed by atoms with van der Waals surface area (Å²) in [5, 5.41) is 0. The lowest BCUT2D eigenvalue weighted by Crippen LogP contribution is -1.92. The molecule has 0 aliphatic rings. The molecule has 0 aliphatic carbocycles. The minimum Gasteiger partial charge on any atom is -0.241 e. The van der Waals surface area contributed by atoms with E-state index in [1.807, 2.05) is 62.3 Å². The first-order valence-electron chi connectivity index (χ1n) is 7.38. The molecule has 18 heavy (non-hydrogen) atoms. The van der Waals surface area contributed by atoms with Crippen LogP contribution in [0.25, 0.3) is 0 Å². The highest BCUT2D eigenvalue weighted by molar-refractivity contribution is 5.19. The fourth-order valence-corrected chi connectivity index (χ4v) is 0.658. The van der Waals surface area contributed by atoms with Crippen LogP contribution in [0.2, 0.25) is 0 Å². The Balaban J connectivity index is -0.0000000925. The van der Waals surface area contributed by atoms with Crippen LogP contribution in [-0.2, 0) is 0 Å². The van der Waals surface area contributed by atoms with Gasteiger partial charge in [0.1, 0.15) is 6.33 Å². The Labute approximate surface area is 116 Å². The number of aryl methyl sites for hydroxylation is 2. The van der Waals surface area contributed by atoms with Gasteiger partial charge in [0, 0.05) is 11.4 Å². The van der Waals surface area contributed by atoms with Gasteiger partial charge in [-0.15, -0.1) is 0 Å². The van der Waals surface area contributed by atoms with E-state index < -0.39 is 0 Å². The summed E-state index contributed by atoms with van der Waals surface area (Å²) in [4.78, 5) is 8.06. The molecular formula is C16H36N2. The topological polar surface area (TPSA) is 25.8 Å². The van der Waals surface area contributed by atoms with Crippen molar-refractivity contribution in [2.24, 2.45) is 0 Å². The molecule has 0 aromatic carbocycles. The Bertz CT molecular complexity index is 212. The van der Waals surface area contributed by atoms with Crippen LogP contribution < -0.4 is 0 Å². The van der Waals surface area contributed by atoms with Crippen LogP contribution in [0.4, 0.5) is 0 Å². The molecule has 0 fully saturated rings. The average Bonchev–Trinajstić information content (AvgIpc) is 2.44. The zero-order chi connectivity index (χ0) is 15.6. The fraction of sp³-hybridized carbons (Fsp3) is 0.750. The normalized spacial score (nSPS) is 6.83. The van der Waals surface area contributed by atoms with Crippen LogP contribution in [0.1, 0.15) is 78.8 Å². The molecule has 0 aliphatic heterocycles. The lowest BCUT2D eigenvalue weighted by atomic mass is 10.2. The Morgan fingerprint density at radius 2 is 0.944 bits per heavy atom. The van der Waals surface area contributed by atoms with Crippen molar-refractivity contribution >= 4 is 0 Å². The summed E-state index contributed by atoms with van der Waals surface area (Å²) in [7, 11) is 0. The monoisotopic (exact) mass is 256 g/mol. The standard InChI is InChI=1S/C7H10N2.C3H8.3C2H6/c1-5-6(2)8-4-9-7(5)3;1-3-2;3*1-2/h4H,1-3H3;3H2,1-2H3;3*1-2H3. The fourth-order valence-electron chi connectivity index (χ4n) is 0.658. The second kappa shape index (κ2) is 25.1. The molecule has 1 aromatic rings. The van der Waals surface area contributed by atoms with Gasteiger partial charge in [0.05, 0.1) is 0 Å². The van der Waals surface area contributed by atoms with Crippen molar-refractivity contribution in [3.8, 4) is 0 Å². The quantitative estimate of drug-likeness (QED) is 0.578. The van der Waals surface area contributed by atoms with Crippen LogP contribution >= 0.6 is 0 Å². The first-order valence-corrected chi connectivity index (χ1v) is 7.38. The highest BCUT2D eigenvalue weighted by atomic mass is 14.8. The molecule has 0 saturated carbocycles. The van der Waals surface area contributed by atoms with E-state index in [4.69, 9.17) is 0 Å². The van der Waals surface area contributed by atoms with E-state index in [9.17, 15) is 0 Å². The molecule has 0 radical (unpaired) electrons. The molecule has 0 unspecified atom stereocenters. The van der Waals surface area contributed by atoms with Gasteiger partial charge in [0.15, 0.2) is 0 Å². The maximum Gasteiger partial charge on any atom is 0.115 e. The molecule has 1 rings (SSSR count). The third-order valence-electron chi connectivity index (χ3n) is 1.59. The number of nitrogens with zero attached hydrogens (tertiary/aromatic N) is 2. The molecule has 110 valence electrons. The maximum absolute atomic E-state index is 4.03. The summed E-state index contributed by atoms with van der Waals surface area (Å²) in [6.07, 6.45) is 2.84. The number of hydrogen-bond acceptors (Lipinski definition) is 2. The molecule has 2 heteroatoms. The zero-order valence-electron chi connectivity index (χ0n) is 14.7. The molecule has 0 saturated heterocycles. The number of aromatic nitrogens is 2. The lowest BCUT2D eigenvalue weighted by Gasteiger charge is -1.98. The zero-order valence-corrected chi connectivity index (χ0v) is 14.7. The minimum atomic E-state index is 1.07. The Morgan fingerprint density at radius 1 is 0.722 bits per heavy atom. The van der Waals surface area contributed by atoms with Gasteiger partial charge in [0.25, 0.3) is 0 Å². The molecule has 0 amide bonds. The first kappa shape index (κ1) is 25.8. The van der Waals surface area contributed by atoms with Gasteiger partial charge in [0.2, 0.25) is 0 Å². The van der Waals surface area contributed by atoms with Crippen LogP contribution in [0, 0.1) is 20.8 Å². The van der Waals surface area contributed by atoms with Gasteiger partial charge in [-0.3, -0.25) is 0 Å². The van der Waals surface area contributed by atoms with Crippen LogP contribution in [-0.4, -0.2) is 9.97 Å². The Morgan fingerprint density at radius 3 is 1.11 bits per heavy atom. The van der Waals surface area contributed by atoms with Crippen LogP contribution in [0.3, 0.4) is 0 Å². The lowest BCUT2D eigenvalue weighted by molar-refractivity contribution is 1.01. The summed E-state index contributed by atoms with van der Waals surface area (Å²) < 4.78 is 0. The summed E-state index contributed by atoms with van der Waals surface area (Å²) in [5.74, 6) is 0. The summed E-state index contributed by atoms with van der Waals surface area (Å²) in [5.41, 5.74) is 3.34. The van der Waals surface area contributed by atoms with Crippen molar-refractivity contribution in [2.75, 3.05) is 0 Å². The molecule has 1 heterocycles. The van der Waals surface area contributed by atoms with Gasteiger partial charge < -0.3 is 0 Å². The molecule has 1 aromatic heterocycles. The van der Waals surface area contributed by atoms with Crippen molar-refractivity contribution in [3.63, 3.8) is 0 Å². The SMILES string of the molecule is CC.CC.CC.CCC.Cc1ncnc(C)c1C. The third-order valence-corrected chi connectivity index (χ3v) is 1.59. The predicted molar refractivity (Wildman–Crippen MR) is 86.3 cm³/mol. The highest BCUT2D eigenvalue weighted by Crippen LogP contribution is 2.03. The molecule has 0 N–H and O–H groups in total. The third kappa shape index (κ3) is 17.5. The molecule has 0 bridgehead atoms. The van der Waals surface area contributed by atoms with Crippen LogP contribution in [0.15, 0.2) is 6.33 Å². The first-order chi connectivity index (χ1) is 8.63. The van der Waals surface area contributed by atoms with Crippen molar-refractivity contribution in [3.05, 3.63) is 23.3 Å². The number of rotatable bonds is 0. The van der Waals surface area contributed by atoms with Crippen molar-refractivity contribution < 1.29 is 0 Å². The largest absolute Gasteiger partial charge is 0.241 e. The molecular weight excluding hydrogens is 220 g/mol. The molecule has 0 atom stereocenters. The molecule has 0 spiro atoms. The highest BCUT2D eigenvalue weighted by Gasteiger charge is 1.94. The summed E-state index contributed by atoms with van der Waals surface area (Å²) in [6, 6.07) is 0. The maximum atomic E-state index is 4.03. The van der Waals surface area contributed by atoms with E-state index in [0.29, 0.717) is 0 Å². The molecule has 2 nitrogen and oxygen atoms in total. The smallest absolute Gasteiger partial charge is 0.115 e. The van der Waals surface area contributed by atoms with Crippen molar-refractivity contribution in [1.82, 2.24) is 9.97 Å². The average molecular weight is 256 g/mol. The number of hydrogen-bond donors (Lipinski definition) is 0. The van der Waals surface area contributed by atoms with Gasteiger partial charge >= 0.3 is 0 Å². The minimum absolute atomic E-state index is 1.07. The van der Waals surface area contributed by atoms with Crippen molar-refractivity contribution in [2.45, 2.75) is 82.6 Å². The van der Waals surface area contributed by atoms with E-state index in [0.717, 1.165) is 11.4 Å². The van der Waals surface area contributed by atoms with Crippen LogP contribution in [0.5, 0.6) is 0 Å². The Kier molecular flexibility index (Phi) is 35.9. The summed E-state index contributed by atoms with van der Waals surface area (Å²) >= 11 is 0. The summed E-state index contributed by atoms with van der Waals surface area (Å²) in [6.45, 7) is 22.3. The van der Waals surface area contributed by atoms with Gasteiger partial charge in [-0.25, -0.2) is 9.97 Å². The van der Waals surface area contributed by atoms with Gasteiger partial charge in [-0.2, -0.15) is 0 Å². The van der Waals surface area contributed by atoms with Gasteiger partial charge in [-0.1, -0.05) is 61.8 Å². The second-order valence-corrected chi connectivity index (χ2v) is 2.88. The predicted octanol–water partition coefficient (Wildman–Crippen LogP) is 5.90. The van der Waals surface area contributed by atoms with E-state index in [2.05, 4.69) is 23.8 Å². The van der Waals surface area contributed by atoms with E-state index >= 15 is 0 Å². The second-order valence-electron chi connectivity index (χ2n) is 2.88.